The fraction of sp³-hybridized carbons (Fsp3) is 0.304. The Morgan fingerprint density at radius 3 is 2.93 bits per heavy atom. The van der Waals surface area contributed by atoms with Crippen molar-refractivity contribution >= 4 is 28.4 Å². The molecular formula is C23H25N3O3. The van der Waals surface area contributed by atoms with Gasteiger partial charge in [0.25, 0.3) is 0 Å². The molecule has 2 amide bonds. The monoisotopic (exact) mass is 391 g/mol. The predicted octanol–water partition coefficient (Wildman–Crippen LogP) is 3.60. The summed E-state index contributed by atoms with van der Waals surface area (Å²) in [5.41, 5.74) is 2.73. The van der Waals surface area contributed by atoms with E-state index in [-0.39, 0.29) is 17.7 Å². The number of fused-ring (bicyclic) bond motifs is 1. The van der Waals surface area contributed by atoms with E-state index in [4.69, 9.17) is 4.74 Å². The lowest BCUT2D eigenvalue weighted by molar-refractivity contribution is -0.133. The number of aromatic nitrogens is 1. The number of anilines is 1. The van der Waals surface area contributed by atoms with Gasteiger partial charge in [-0.3, -0.25) is 9.59 Å². The van der Waals surface area contributed by atoms with Gasteiger partial charge in [0.2, 0.25) is 11.8 Å². The van der Waals surface area contributed by atoms with Gasteiger partial charge in [-0.25, -0.2) is 0 Å². The molecule has 2 aromatic carbocycles. The molecule has 1 aliphatic rings. The zero-order valence-electron chi connectivity index (χ0n) is 16.5. The van der Waals surface area contributed by atoms with E-state index in [1.807, 2.05) is 53.6 Å². The number of benzene rings is 2. The van der Waals surface area contributed by atoms with Crippen LogP contribution in [0.4, 0.5) is 5.69 Å². The summed E-state index contributed by atoms with van der Waals surface area (Å²) in [6.07, 6.45) is 3.86. The Kier molecular flexibility index (Phi) is 5.51. The van der Waals surface area contributed by atoms with E-state index in [0.29, 0.717) is 30.9 Å². The number of carbonyl (C=O) groups excluding carboxylic acids is 2. The molecule has 1 saturated heterocycles. The first kappa shape index (κ1) is 19.1. The number of methoxy groups -OCH3 is 1. The van der Waals surface area contributed by atoms with E-state index in [2.05, 4.69) is 10.3 Å². The van der Waals surface area contributed by atoms with Crippen molar-refractivity contribution in [1.82, 2.24) is 9.88 Å². The molecule has 1 atom stereocenters. The van der Waals surface area contributed by atoms with Crippen molar-refractivity contribution in [3.8, 4) is 5.75 Å². The van der Waals surface area contributed by atoms with Gasteiger partial charge in [0.05, 0.1) is 19.4 Å². The molecule has 2 heterocycles. The van der Waals surface area contributed by atoms with E-state index >= 15 is 0 Å². The molecular weight excluding hydrogens is 366 g/mol. The number of hydrogen-bond donors (Lipinski definition) is 2. The minimum absolute atomic E-state index is 0.0529. The van der Waals surface area contributed by atoms with E-state index in [9.17, 15) is 9.59 Å². The van der Waals surface area contributed by atoms with Crippen LogP contribution in [-0.4, -0.2) is 41.9 Å². The zero-order chi connectivity index (χ0) is 20.2. The topological polar surface area (TPSA) is 74.4 Å². The summed E-state index contributed by atoms with van der Waals surface area (Å²) in [4.78, 5) is 30.7. The lowest BCUT2D eigenvalue weighted by Crippen LogP contribution is -2.44. The van der Waals surface area contributed by atoms with Crippen molar-refractivity contribution in [3.63, 3.8) is 0 Å². The highest BCUT2D eigenvalue weighted by Crippen LogP contribution is 2.23. The minimum atomic E-state index is -0.207. The number of likely N-dealkylation sites (tertiary alicyclic amines) is 1. The molecule has 150 valence electrons. The maximum atomic E-state index is 12.9. The fourth-order valence-electron chi connectivity index (χ4n) is 3.92. The van der Waals surface area contributed by atoms with Gasteiger partial charge in [0.15, 0.2) is 0 Å². The van der Waals surface area contributed by atoms with Gasteiger partial charge in [0.1, 0.15) is 5.75 Å². The van der Waals surface area contributed by atoms with Crippen molar-refractivity contribution in [2.24, 2.45) is 5.92 Å². The summed E-state index contributed by atoms with van der Waals surface area (Å²) in [5.74, 6) is 0.500. The molecule has 1 fully saturated rings. The first-order valence-electron chi connectivity index (χ1n) is 9.92. The van der Waals surface area contributed by atoms with Crippen LogP contribution >= 0.6 is 0 Å². The normalized spacial score (nSPS) is 16.6. The summed E-state index contributed by atoms with van der Waals surface area (Å²) in [7, 11) is 1.60. The van der Waals surface area contributed by atoms with Gasteiger partial charge in [-0.05, 0) is 36.6 Å². The summed E-state index contributed by atoms with van der Waals surface area (Å²) in [5, 5.41) is 4.03. The average Bonchev–Trinajstić information content (AvgIpc) is 3.17. The fourth-order valence-corrected chi connectivity index (χ4v) is 3.92. The molecule has 1 aliphatic heterocycles. The molecule has 1 aromatic heterocycles. The van der Waals surface area contributed by atoms with Crippen LogP contribution in [-0.2, 0) is 16.0 Å². The molecule has 29 heavy (non-hydrogen) atoms. The Bertz CT molecular complexity index is 1030. The van der Waals surface area contributed by atoms with Gasteiger partial charge < -0.3 is 19.9 Å². The van der Waals surface area contributed by atoms with Crippen LogP contribution in [0.5, 0.6) is 5.75 Å². The van der Waals surface area contributed by atoms with E-state index in [1.54, 1.807) is 13.2 Å². The van der Waals surface area contributed by atoms with Gasteiger partial charge in [-0.15, -0.1) is 0 Å². The lowest BCUT2D eigenvalue weighted by atomic mass is 9.96. The van der Waals surface area contributed by atoms with Crippen LogP contribution in [0.1, 0.15) is 18.4 Å². The summed E-state index contributed by atoms with van der Waals surface area (Å²) in [6, 6.07) is 15.3. The predicted molar refractivity (Wildman–Crippen MR) is 113 cm³/mol. The van der Waals surface area contributed by atoms with Gasteiger partial charge >= 0.3 is 0 Å². The number of para-hydroxylation sites is 1. The first-order valence-corrected chi connectivity index (χ1v) is 9.92. The van der Waals surface area contributed by atoms with Crippen molar-refractivity contribution in [2.45, 2.75) is 19.3 Å². The van der Waals surface area contributed by atoms with Gasteiger partial charge in [-0.1, -0.05) is 24.3 Å². The molecule has 4 rings (SSSR count). The number of H-pyrrole nitrogens is 1. The number of nitrogens with one attached hydrogen (secondary N) is 2. The van der Waals surface area contributed by atoms with Crippen LogP contribution in [0.25, 0.3) is 10.9 Å². The number of aromatic amines is 1. The molecule has 1 unspecified atom stereocenters. The number of ether oxygens (including phenoxy) is 1. The lowest BCUT2D eigenvalue weighted by Gasteiger charge is -2.32. The molecule has 2 N–H and O–H groups in total. The number of amides is 2. The Hall–Kier alpha value is -3.28. The quantitative estimate of drug-likeness (QED) is 0.698. The second-order valence-corrected chi connectivity index (χ2v) is 7.44. The van der Waals surface area contributed by atoms with Crippen molar-refractivity contribution in [3.05, 3.63) is 60.3 Å². The van der Waals surface area contributed by atoms with Crippen LogP contribution in [0.3, 0.4) is 0 Å². The molecule has 3 aromatic rings. The van der Waals surface area contributed by atoms with Gasteiger partial charge in [0, 0.05) is 41.9 Å². The van der Waals surface area contributed by atoms with Gasteiger partial charge in [-0.2, -0.15) is 0 Å². The Labute approximate surface area is 169 Å². The van der Waals surface area contributed by atoms with Crippen LogP contribution in [0.15, 0.2) is 54.7 Å². The summed E-state index contributed by atoms with van der Waals surface area (Å²) >= 11 is 0. The standard InChI is InChI=1S/C23H25N3O3/c1-29-19-8-4-7-18(13-19)25-23(28)16-6-5-11-26(15-16)22(27)12-17-14-24-21-10-3-2-9-20(17)21/h2-4,7-10,13-14,16,24H,5-6,11-12,15H2,1H3,(H,25,28). The third kappa shape index (κ3) is 4.26. The van der Waals surface area contributed by atoms with E-state index in [1.165, 1.54) is 0 Å². The number of nitrogens with zero attached hydrogens (tertiary/aromatic N) is 1. The second kappa shape index (κ2) is 8.39. The highest BCUT2D eigenvalue weighted by molar-refractivity contribution is 5.94. The first-order chi connectivity index (χ1) is 14.1. The second-order valence-electron chi connectivity index (χ2n) is 7.44. The third-order valence-corrected chi connectivity index (χ3v) is 5.50. The molecule has 0 bridgehead atoms. The van der Waals surface area contributed by atoms with Crippen LogP contribution in [0, 0.1) is 5.92 Å². The summed E-state index contributed by atoms with van der Waals surface area (Å²) < 4.78 is 5.20. The highest BCUT2D eigenvalue weighted by Gasteiger charge is 2.28. The van der Waals surface area contributed by atoms with Crippen LogP contribution < -0.4 is 10.1 Å². The highest BCUT2D eigenvalue weighted by atomic mass is 16.5. The van der Waals surface area contributed by atoms with Crippen molar-refractivity contribution < 1.29 is 14.3 Å². The van der Waals surface area contributed by atoms with Crippen LogP contribution in [0.2, 0.25) is 0 Å². The largest absolute Gasteiger partial charge is 0.497 e. The van der Waals surface area contributed by atoms with E-state index < -0.39 is 0 Å². The van der Waals surface area contributed by atoms with E-state index in [0.717, 1.165) is 29.3 Å². The molecule has 6 heteroatoms. The SMILES string of the molecule is COc1cccc(NC(=O)C2CCCN(C(=O)Cc3c[nH]c4ccccc34)C2)c1. The molecule has 6 nitrogen and oxygen atoms in total. The third-order valence-electron chi connectivity index (χ3n) is 5.50. The number of carbonyl (C=O) groups is 2. The average molecular weight is 391 g/mol. The number of rotatable bonds is 5. The Balaban J connectivity index is 1.39. The molecule has 0 spiro atoms. The smallest absolute Gasteiger partial charge is 0.229 e. The van der Waals surface area contributed by atoms with Crippen molar-refractivity contribution in [2.75, 3.05) is 25.5 Å². The molecule has 0 radical (unpaired) electrons. The number of hydrogen-bond acceptors (Lipinski definition) is 3. The maximum absolute atomic E-state index is 12.9. The van der Waals surface area contributed by atoms with Crippen molar-refractivity contribution in [1.29, 1.82) is 0 Å². The number of piperidine rings is 1. The zero-order valence-corrected chi connectivity index (χ0v) is 16.5. The molecule has 0 saturated carbocycles. The summed E-state index contributed by atoms with van der Waals surface area (Å²) in [6.45, 7) is 1.15. The maximum Gasteiger partial charge on any atom is 0.229 e. The Morgan fingerprint density at radius 1 is 1.21 bits per heavy atom. The Morgan fingerprint density at radius 2 is 2.07 bits per heavy atom. The minimum Gasteiger partial charge on any atom is -0.497 e. The molecule has 0 aliphatic carbocycles.